The molecule has 0 aliphatic carbocycles. The van der Waals surface area contributed by atoms with Crippen LogP contribution in [0.4, 0.5) is 5.69 Å². The molecule has 0 unspecified atom stereocenters. The summed E-state index contributed by atoms with van der Waals surface area (Å²) in [6.45, 7) is 10.7. The van der Waals surface area contributed by atoms with E-state index in [0.717, 1.165) is 21.0 Å². The molecule has 10 heteroatoms. The number of benzene rings is 3. The van der Waals surface area contributed by atoms with Crippen molar-refractivity contribution in [3.63, 3.8) is 0 Å². The molecule has 0 fully saturated rings. The summed E-state index contributed by atoms with van der Waals surface area (Å²) in [6.07, 6.45) is 1.01. The summed E-state index contributed by atoms with van der Waals surface area (Å²) in [5.74, 6) is -0.895. The van der Waals surface area contributed by atoms with E-state index in [1.165, 1.54) is 17.0 Å². The Morgan fingerprint density at radius 1 is 0.881 bits per heavy atom. The summed E-state index contributed by atoms with van der Waals surface area (Å²) in [7, 11) is -4.16. The van der Waals surface area contributed by atoms with Gasteiger partial charge in [-0.3, -0.25) is 13.9 Å². The van der Waals surface area contributed by atoms with E-state index in [0.29, 0.717) is 34.1 Å². The number of sulfonamides is 1. The van der Waals surface area contributed by atoms with Crippen molar-refractivity contribution in [1.82, 2.24) is 10.2 Å². The minimum absolute atomic E-state index is 0.0568. The van der Waals surface area contributed by atoms with Gasteiger partial charge in [-0.15, -0.1) is 0 Å². The molecular formula is C32H39Cl2N3O4S. The predicted molar refractivity (Wildman–Crippen MR) is 171 cm³/mol. The summed E-state index contributed by atoms with van der Waals surface area (Å²) >= 11 is 13.0. The zero-order valence-corrected chi connectivity index (χ0v) is 27.3. The van der Waals surface area contributed by atoms with Crippen LogP contribution in [0.15, 0.2) is 65.6 Å². The van der Waals surface area contributed by atoms with E-state index in [1.54, 1.807) is 49.4 Å². The zero-order chi connectivity index (χ0) is 31.2. The van der Waals surface area contributed by atoms with E-state index >= 15 is 0 Å². The van der Waals surface area contributed by atoms with Crippen LogP contribution in [0.5, 0.6) is 0 Å². The van der Waals surface area contributed by atoms with Gasteiger partial charge in [-0.2, -0.15) is 0 Å². The number of rotatable bonds is 12. The first-order chi connectivity index (χ1) is 19.8. The van der Waals surface area contributed by atoms with Crippen LogP contribution in [0, 0.1) is 20.8 Å². The highest BCUT2D eigenvalue weighted by atomic mass is 35.5. The predicted octanol–water partition coefficient (Wildman–Crippen LogP) is 6.84. The highest BCUT2D eigenvalue weighted by molar-refractivity contribution is 7.92. The number of carbonyl (C=O) groups is 2. The van der Waals surface area contributed by atoms with Crippen LogP contribution >= 0.6 is 23.2 Å². The Labute approximate surface area is 259 Å². The quantitative estimate of drug-likeness (QED) is 0.237. The van der Waals surface area contributed by atoms with Crippen LogP contribution in [0.3, 0.4) is 0 Å². The minimum atomic E-state index is -4.16. The molecule has 0 aliphatic rings. The van der Waals surface area contributed by atoms with Gasteiger partial charge < -0.3 is 10.2 Å². The van der Waals surface area contributed by atoms with Crippen molar-refractivity contribution in [2.45, 2.75) is 77.9 Å². The molecule has 0 heterocycles. The summed E-state index contributed by atoms with van der Waals surface area (Å²) in [6, 6.07) is 15.8. The standard InChI is InChI=1S/C32H39Cl2N3O4S/c1-7-24(6)35-32(39)30(8-2)36(19-27-28(33)10-9-11-29(27)34)31(38)20-37(25-15-14-22(4)23(5)18-25)42(40,41)26-16-12-21(3)13-17-26/h9-18,24,30H,7-8,19-20H2,1-6H3,(H,35,39)/t24-,30+/m0/s1. The van der Waals surface area contributed by atoms with Crippen molar-refractivity contribution >= 4 is 50.7 Å². The van der Waals surface area contributed by atoms with Crippen molar-refractivity contribution in [3.05, 3.63) is 93.0 Å². The van der Waals surface area contributed by atoms with E-state index in [9.17, 15) is 18.0 Å². The lowest BCUT2D eigenvalue weighted by molar-refractivity contribution is -0.140. The van der Waals surface area contributed by atoms with Gasteiger partial charge in [0.25, 0.3) is 10.0 Å². The molecule has 0 aromatic heterocycles. The number of nitrogens with one attached hydrogen (secondary N) is 1. The lowest BCUT2D eigenvalue weighted by Gasteiger charge is -2.34. The lowest BCUT2D eigenvalue weighted by atomic mass is 10.1. The second-order valence-electron chi connectivity index (χ2n) is 10.6. The van der Waals surface area contributed by atoms with Gasteiger partial charge in [0, 0.05) is 28.2 Å². The Hall–Kier alpha value is -3.07. The van der Waals surface area contributed by atoms with E-state index in [4.69, 9.17) is 23.2 Å². The summed E-state index contributed by atoms with van der Waals surface area (Å²) in [5, 5.41) is 3.65. The molecule has 0 saturated heterocycles. The van der Waals surface area contributed by atoms with Crippen LogP contribution in [0.2, 0.25) is 10.0 Å². The van der Waals surface area contributed by atoms with E-state index in [-0.39, 0.29) is 23.4 Å². The number of anilines is 1. The summed E-state index contributed by atoms with van der Waals surface area (Å²) in [5.41, 5.74) is 3.59. The maximum absolute atomic E-state index is 14.3. The Balaban J connectivity index is 2.12. The van der Waals surface area contributed by atoms with Gasteiger partial charge >= 0.3 is 0 Å². The van der Waals surface area contributed by atoms with Gasteiger partial charge in [0.15, 0.2) is 0 Å². The molecule has 0 spiro atoms. The molecule has 0 aliphatic heterocycles. The minimum Gasteiger partial charge on any atom is -0.352 e. The average molecular weight is 633 g/mol. The first-order valence-electron chi connectivity index (χ1n) is 14.0. The Morgan fingerprint density at radius 2 is 1.50 bits per heavy atom. The average Bonchev–Trinajstić information content (AvgIpc) is 2.94. The van der Waals surface area contributed by atoms with Crippen molar-refractivity contribution in [2.75, 3.05) is 10.8 Å². The van der Waals surface area contributed by atoms with Crippen LogP contribution in [0.25, 0.3) is 0 Å². The first-order valence-corrected chi connectivity index (χ1v) is 16.2. The molecule has 0 saturated carbocycles. The Kier molecular flexibility index (Phi) is 11.5. The number of nitrogens with zero attached hydrogens (tertiary/aromatic N) is 2. The molecule has 1 N–H and O–H groups in total. The fourth-order valence-corrected chi connectivity index (χ4v) is 6.38. The van der Waals surface area contributed by atoms with Crippen molar-refractivity contribution in [3.8, 4) is 0 Å². The molecule has 0 radical (unpaired) electrons. The second-order valence-corrected chi connectivity index (χ2v) is 13.2. The monoisotopic (exact) mass is 631 g/mol. The Bertz CT molecular complexity index is 1510. The molecule has 226 valence electrons. The van der Waals surface area contributed by atoms with E-state index in [2.05, 4.69) is 5.32 Å². The smallest absolute Gasteiger partial charge is 0.264 e. The number of aryl methyl sites for hydroxylation is 3. The topological polar surface area (TPSA) is 86.8 Å². The molecule has 2 atom stereocenters. The first kappa shape index (κ1) is 33.4. The third-order valence-electron chi connectivity index (χ3n) is 7.44. The molecule has 7 nitrogen and oxygen atoms in total. The van der Waals surface area contributed by atoms with Crippen LogP contribution in [0.1, 0.15) is 55.9 Å². The van der Waals surface area contributed by atoms with Gasteiger partial charge in [0.05, 0.1) is 10.6 Å². The molecule has 3 aromatic rings. The Morgan fingerprint density at radius 3 is 2.05 bits per heavy atom. The molecular weight excluding hydrogens is 593 g/mol. The number of hydrogen-bond acceptors (Lipinski definition) is 4. The van der Waals surface area contributed by atoms with Gasteiger partial charge in [-0.25, -0.2) is 8.42 Å². The van der Waals surface area contributed by atoms with Crippen LogP contribution < -0.4 is 9.62 Å². The van der Waals surface area contributed by atoms with Gasteiger partial charge in [0.1, 0.15) is 12.6 Å². The highest BCUT2D eigenvalue weighted by Crippen LogP contribution is 2.29. The molecule has 2 amide bonds. The second kappa shape index (κ2) is 14.4. The maximum Gasteiger partial charge on any atom is 0.264 e. The van der Waals surface area contributed by atoms with Crippen molar-refractivity contribution in [2.24, 2.45) is 0 Å². The number of hydrogen-bond donors (Lipinski definition) is 1. The summed E-state index contributed by atoms with van der Waals surface area (Å²) in [4.78, 5) is 29.1. The molecule has 3 aromatic carbocycles. The van der Waals surface area contributed by atoms with Gasteiger partial charge in [-0.05, 0) is 88.1 Å². The summed E-state index contributed by atoms with van der Waals surface area (Å²) < 4.78 is 29.2. The van der Waals surface area contributed by atoms with E-state index in [1.807, 2.05) is 40.7 Å². The SMILES string of the molecule is CC[C@H](C(=O)N[C@@H](C)CC)N(Cc1c(Cl)cccc1Cl)C(=O)CN(c1ccc(C)c(C)c1)S(=O)(=O)c1ccc(C)cc1. The number of amides is 2. The largest absolute Gasteiger partial charge is 0.352 e. The molecule has 42 heavy (non-hydrogen) atoms. The maximum atomic E-state index is 14.3. The van der Waals surface area contributed by atoms with Crippen LogP contribution in [-0.4, -0.2) is 43.8 Å². The van der Waals surface area contributed by atoms with Crippen molar-refractivity contribution < 1.29 is 18.0 Å². The lowest BCUT2D eigenvalue weighted by Crippen LogP contribution is -2.53. The van der Waals surface area contributed by atoms with Crippen LogP contribution in [-0.2, 0) is 26.2 Å². The number of carbonyl (C=O) groups excluding carboxylic acids is 2. The highest BCUT2D eigenvalue weighted by Gasteiger charge is 2.34. The van der Waals surface area contributed by atoms with Crippen molar-refractivity contribution in [1.29, 1.82) is 0 Å². The fourth-order valence-electron chi connectivity index (χ4n) is 4.46. The van der Waals surface area contributed by atoms with Gasteiger partial charge in [0.2, 0.25) is 11.8 Å². The third kappa shape index (κ3) is 7.85. The molecule has 0 bridgehead atoms. The normalized spacial score (nSPS) is 12.9. The zero-order valence-electron chi connectivity index (χ0n) is 24.9. The fraction of sp³-hybridized carbons (Fsp3) is 0.375. The van der Waals surface area contributed by atoms with E-state index < -0.39 is 28.5 Å². The molecule has 3 rings (SSSR count). The third-order valence-corrected chi connectivity index (χ3v) is 9.94. The van der Waals surface area contributed by atoms with Gasteiger partial charge in [-0.1, -0.05) is 66.9 Å². The number of halogens is 2.